The van der Waals surface area contributed by atoms with E-state index >= 15 is 0 Å². The van der Waals surface area contributed by atoms with Gasteiger partial charge in [-0.15, -0.1) is 0 Å². The first kappa shape index (κ1) is 48.7. The first-order chi connectivity index (χ1) is 36.6. The van der Waals surface area contributed by atoms with Crippen LogP contribution in [0.3, 0.4) is 0 Å². The van der Waals surface area contributed by atoms with Gasteiger partial charge in [-0.1, -0.05) is 84.9 Å². The van der Waals surface area contributed by atoms with Gasteiger partial charge in [0.1, 0.15) is 23.0 Å². The van der Waals surface area contributed by atoms with Crippen LogP contribution in [-0.2, 0) is 0 Å². The van der Waals surface area contributed by atoms with Crippen LogP contribution in [0.25, 0.3) is 56.2 Å². The van der Waals surface area contributed by atoms with E-state index < -0.39 is 0 Å². The van der Waals surface area contributed by atoms with E-state index in [0.717, 1.165) is 70.5 Å². The minimum Gasteiger partial charge on any atom is -0.458 e. The van der Waals surface area contributed by atoms with E-state index in [1.54, 1.807) is 12.4 Å². The van der Waals surface area contributed by atoms with Crippen molar-refractivity contribution in [2.45, 2.75) is 116 Å². The van der Waals surface area contributed by atoms with Crippen molar-refractivity contribution in [2.75, 3.05) is 9.80 Å². The second-order valence-corrected chi connectivity index (χ2v) is 23.1. The van der Waals surface area contributed by atoms with Crippen LogP contribution >= 0.6 is 0 Å². The number of hydrogen-bond donors (Lipinski definition) is 0. The highest BCUT2D eigenvalue weighted by atomic mass is 16.5. The van der Waals surface area contributed by atoms with E-state index in [9.17, 15) is 0 Å². The van der Waals surface area contributed by atoms with Gasteiger partial charge in [-0.25, -0.2) is 0 Å². The normalized spacial score (nSPS) is 16.7. The minimum absolute atomic E-state index is 0.00372. The summed E-state index contributed by atoms with van der Waals surface area (Å²) in [6, 6.07) is 58.4. The number of pyridine rings is 2. The van der Waals surface area contributed by atoms with Gasteiger partial charge in [0.05, 0.1) is 67.6 Å². The second kappa shape index (κ2) is 18.8. The molecular formula is C66H66N8O2. The number of ether oxygens (including phenoxy) is 2. The fourth-order valence-corrected chi connectivity index (χ4v) is 12.7. The van der Waals surface area contributed by atoms with Crippen LogP contribution in [0.2, 0.25) is 0 Å². The average Bonchev–Trinajstić information content (AvgIpc) is 4.03. The second-order valence-electron chi connectivity index (χ2n) is 23.1. The van der Waals surface area contributed by atoms with E-state index in [-0.39, 0.29) is 22.2 Å². The Morgan fingerprint density at radius 1 is 0.395 bits per heavy atom. The van der Waals surface area contributed by atoms with Crippen molar-refractivity contribution in [2.24, 2.45) is 0 Å². The zero-order chi connectivity index (χ0) is 52.4. The molecule has 4 aromatic heterocycles. The first-order valence-electron chi connectivity index (χ1n) is 26.8. The zero-order valence-electron chi connectivity index (χ0n) is 45.0. The maximum atomic E-state index is 6.60. The van der Waals surface area contributed by atoms with Crippen molar-refractivity contribution in [3.8, 4) is 57.1 Å². The van der Waals surface area contributed by atoms with E-state index in [1.165, 1.54) is 24.2 Å². The van der Waals surface area contributed by atoms with Gasteiger partial charge in [0.25, 0.3) is 12.7 Å². The Bertz CT molecular complexity index is 3510. The van der Waals surface area contributed by atoms with Gasteiger partial charge in [-0.05, 0) is 167 Å². The predicted octanol–water partition coefficient (Wildman–Crippen LogP) is 14.9. The highest BCUT2D eigenvalue weighted by Crippen LogP contribution is 2.46. The number of aromatic nitrogens is 6. The van der Waals surface area contributed by atoms with Crippen LogP contribution in [0.1, 0.15) is 93.9 Å². The van der Waals surface area contributed by atoms with Crippen LogP contribution in [0.5, 0.6) is 23.0 Å². The molecule has 2 aliphatic heterocycles. The number of para-hydroxylation sites is 8. The zero-order valence-corrected chi connectivity index (χ0v) is 45.0. The molecule has 0 aliphatic carbocycles. The van der Waals surface area contributed by atoms with Crippen molar-refractivity contribution in [3.05, 3.63) is 195 Å². The van der Waals surface area contributed by atoms with Gasteiger partial charge in [-0.2, -0.15) is 0 Å². The standard InChI is InChI=1S/C66H66N8O2/c1-63(2)35-19-36-64(3,4)73(63)61-31-15-13-29-59(61)71-45-69(55-25-9-11-27-57(55)71)47-21-17-23-49(41-47)75-51-33-39-67-53(43-51)54-44-52(34-40-68-54)76-50-24-18-22-48(42-50)70-46-72(58-28-12-10-26-56(58)70)60-30-14-16-32-62(60)74-65(5,6)37-20-38-66(74,7)8/h9-18,21-34,39-44H,19-20,35-38H2,1-8H3. The van der Waals surface area contributed by atoms with Gasteiger partial charge in [0.2, 0.25) is 0 Å². The molecule has 10 aromatic rings. The lowest BCUT2D eigenvalue weighted by molar-refractivity contribution is -0.572. The number of fused-ring (bicyclic) bond motifs is 2. The topological polar surface area (TPSA) is 68.3 Å². The smallest absolute Gasteiger partial charge is 0.269 e. The maximum Gasteiger partial charge on any atom is 0.269 e. The Morgan fingerprint density at radius 2 is 0.750 bits per heavy atom. The molecule has 6 heterocycles. The highest BCUT2D eigenvalue weighted by Gasteiger charge is 2.43. The third-order valence-corrected chi connectivity index (χ3v) is 15.8. The molecule has 2 fully saturated rings. The summed E-state index contributed by atoms with van der Waals surface area (Å²) < 4.78 is 21.9. The molecule has 0 saturated carbocycles. The van der Waals surface area contributed by atoms with E-state index in [1.807, 2.05) is 48.5 Å². The third-order valence-electron chi connectivity index (χ3n) is 15.8. The van der Waals surface area contributed by atoms with Crippen LogP contribution in [0.4, 0.5) is 11.4 Å². The summed E-state index contributed by atoms with van der Waals surface area (Å²) in [4.78, 5) is 14.7. The Labute approximate surface area is 447 Å². The molecule has 10 heteroatoms. The van der Waals surface area contributed by atoms with Gasteiger partial charge in [-0.3, -0.25) is 28.2 Å². The van der Waals surface area contributed by atoms with Crippen molar-refractivity contribution in [1.29, 1.82) is 0 Å². The molecule has 0 atom stereocenters. The number of rotatable bonds is 11. The van der Waals surface area contributed by atoms with Crippen LogP contribution < -0.4 is 28.4 Å². The summed E-state index contributed by atoms with van der Waals surface area (Å²) in [6.45, 7) is 19.0. The summed E-state index contributed by atoms with van der Waals surface area (Å²) in [5.41, 5.74) is 12.0. The van der Waals surface area contributed by atoms with E-state index in [4.69, 9.17) is 19.4 Å². The molecule has 2 saturated heterocycles. The van der Waals surface area contributed by atoms with Crippen molar-refractivity contribution < 1.29 is 18.6 Å². The lowest BCUT2D eigenvalue weighted by Crippen LogP contribution is -2.59. The van der Waals surface area contributed by atoms with E-state index in [0.29, 0.717) is 34.4 Å². The first-order valence-corrected chi connectivity index (χ1v) is 26.8. The van der Waals surface area contributed by atoms with Crippen molar-refractivity contribution in [1.82, 2.24) is 19.1 Å². The Kier molecular flexibility index (Phi) is 12.1. The molecule has 0 N–H and O–H groups in total. The monoisotopic (exact) mass is 1000 g/mol. The van der Waals surface area contributed by atoms with Crippen molar-refractivity contribution >= 4 is 33.4 Å². The molecule has 2 aliphatic rings. The molecule has 0 amide bonds. The maximum absolute atomic E-state index is 6.60. The van der Waals surface area contributed by atoms with E-state index in [2.05, 4.69) is 217 Å². The number of hydrogen-bond acceptors (Lipinski definition) is 6. The van der Waals surface area contributed by atoms with Gasteiger partial charge >= 0.3 is 0 Å². The third kappa shape index (κ3) is 8.93. The molecule has 0 spiro atoms. The Hall–Kier alpha value is -8.24. The molecule has 76 heavy (non-hydrogen) atoms. The number of imidazole rings is 2. The number of nitrogens with zero attached hydrogens (tertiary/aromatic N) is 8. The number of anilines is 2. The fraction of sp³-hybridized carbons (Fsp3) is 0.273. The Balaban J connectivity index is 0.804. The average molecular weight is 1000 g/mol. The predicted molar refractivity (Wildman–Crippen MR) is 304 cm³/mol. The number of piperidine rings is 2. The molecule has 0 unspecified atom stereocenters. The lowest BCUT2D eigenvalue weighted by atomic mass is 9.79. The largest absolute Gasteiger partial charge is 0.458 e. The summed E-state index contributed by atoms with van der Waals surface area (Å²) in [6.07, 6.45) is 18.0. The number of benzene rings is 6. The molecule has 6 aromatic carbocycles. The van der Waals surface area contributed by atoms with Crippen LogP contribution in [-0.4, -0.2) is 41.3 Å². The van der Waals surface area contributed by atoms with Gasteiger partial charge in [0.15, 0.2) is 0 Å². The molecule has 382 valence electrons. The summed E-state index contributed by atoms with van der Waals surface area (Å²) >= 11 is 0. The van der Waals surface area contributed by atoms with Crippen LogP contribution in [0.15, 0.2) is 182 Å². The summed E-state index contributed by atoms with van der Waals surface area (Å²) in [5.74, 6) is 2.65. The highest BCUT2D eigenvalue weighted by molar-refractivity contribution is 5.79. The molecule has 12 rings (SSSR count). The van der Waals surface area contributed by atoms with Crippen LogP contribution in [0, 0.1) is 12.7 Å². The fourth-order valence-electron chi connectivity index (χ4n) is 12.7. The van der Waals surface area contributed by atoms with Crippen molar-refractivity contribution in [3.63, 3.8) is 0 Å². The SMILES string of the molecule is CC1(C)CCCC(C)(C)N1c1ccccc1-n1[c-][n+](-c2cccc(Oc3ccnc(-c4cc(Oc5cccc(-[n+]6[c-]n(-c7ccccc7N7C(C)(C)CCCC7(C)C)c7ccccc76)c5)ccn4)c3)c2)c2ccccc21. The minimum atomic E-state index is -0.00372. The molecule has 0 bridgehead atoms. The molecular weight excluding hydrogens is 937 g/mol. The quantitative estimate of drug-likeness (QED) is 0.0950. The Morgan fingerprint density at radius 3 is 1.16 bits per heavy atom. The lowest BCUT2D eigenvalue weighted by Gasteiger charge is -2.55. The molecule has 0 radical (unpaired) electrons. The molecule has 10 nitrogen and oxygen atoms in total. The summed E-state index contributed by atoms with van der Waals surface area (Å²) in [7, 11) is 0. The van der Waals surface area contributed by atoms with Gasteiger partial charge in [0, 0.05) is 46.7 Å². The summed E-state index contributed by atoms with van der Waals surface area (Å²) in [5, 5.41) is 0. The van der Waals surface area contributed by atoms with Gasteiger partial charge < -0.3 is 19.3 Å².